The van der Waals surface area contributed by atoms with E-state index < -0.39 is 32.5 Å². The Labute approximate surface area is 255 Å². The minimum absolute atomic E-state index is 0.000146. The van der Waals surface area contributed by atoms with Crippen molar-refractivity contribution < 1.29 is 37.9 Å². The molecule has 238 valence electrons. The lowest BCUT2D eigenvalue weighted by molar-refractivity contribution is 0.0525. The van der Waals surface area contributed by atoms with E-state index in [4.69, 9.17) is 29.9 Å². The van der Waals surface area contributed by atoms with Crippen molar-refractivity contribution in [3.63, 3.8) is 0 Å². The third kappa shape index (κ3) is 9.16. The zero-order valence-electron chi connectivity index (χ0n) is 24.9. The predicted octanol–water partition coefficient (Wildman–Crippen LogP) is 3.43. The summed E-state index contributed by atoms with van der Waals surface area (Å²) in [4.78, 5) is 19.8. The highest BCUT2D eigenvalue weighted by Gasteiger charge is 2.35. The lowest BCUT2D eigenvalue weighted by atomic mass is 10.0. The van der Waals surface area contributed by atoms with Crippen LogP contribution in [0.3, 0.4) is 0 Å². The second-order valence-corrected chi connectivity index (χ2v) is 13.8. The van der Waals surface area contributed by atoms with E-state index in [1.54, 1.807) is 7.11 Å². The van der Waals surface area contributed by atoms with Crippen molar-refractivity contribution in [1.82, 2.24) is 25.1 Å². The number of anilines is 1. The Balaban J connectivity index is 1.73. The number of nitrogens with one attached hydrogen (secondary N) is 1. The zero-order valence-corrected chi connectivity index (χ0v) is 27.3. The molecule has 14 nitrogen and oxygen atoms in total. The van der Waals surface area contributed by atoms with E-state index >= 15 is 0 Å². The number of aliphatic hydroxyl groups is 2. The molecule has 0 unspecified atom stereocenters. The first-order valence-electron chi connectivity index (χ1n) is 13.9. The van der Waals surface area contributed by atoms with Crippen LogP contribution in [0, 0.1) is 11.8 Å². The number of amides is 1. The first kappa shape index (κ1) is 34.8. The largest absolute Gasteiger partial charge is 0.476 e. The number of methoxy groups -OCH3 is 1. The molecule has 42 heavy (non-hydrogen) atoms. The molecule has 1 aliphatic heterocycles. The van der Waals surface area contributed by atoms with Gasteiger partial charge in [0.25, 0.3) is 5.91 Å². The fourth-order valence-electron chi connectivity index (χ4n) is 4.12. The maximum absolute atomic E-state index is 13.5. The topological polar surface area (TPSA) is 170 Å². The Bertz CT molecular complexity index is 1200. The molecule has 0 radical (unpaired) electrons. The molecule has 3 atom stereocenters. The van der Waals surface area contributed by atoms with E-state index in [0.717, 1.165) is 0 Å². The number of carbonyl (C=O) groups excluding carboxylic acids is 1. The van der Waals surface area contributed by atoms with Crippen LogP contribution in [0.5, 0.6) is 0 Å². The molecule has 0 spiro atoms. The number of rotatable bonds is 16. The van der Waals surface area contributed by atoms with E-state index in [2.05, 4.69) is 20.5 Å². The highest BCUT2D eigenvalue weighted by molar-refractivity contribution is 7.48. The normalized spacial score (nSPS) is 18.7. The van der Waals surface area contributed by atoms with Crippen molar-refractivity contribution >= 4 is 41.8 Å². The lowest BCUT2D eigenvalue weighted by Gasteiger charge is -2.37. The SMILES string of the molecule is CCc1c(Cl)nc(C(=O)N[C@@H]2CCN(c3nnc([C@@H](O)CO)s3)C[C@@H]2OC)n1COP(=O)(OCC(C)C)OCC(C)C. The highest BCUT2D eigenvalue weighted by Crippen LogP contribution is 2.50. The predicted molar refractivity (Wildman–Crippen MR) is 158 cm³/mol. The van der Waals surface area contributed by atoms with Gasteiger partial charge >= 0.3 is 7.82 Å². The van der Waals surface area contributed by atoms with Gasteiger partial charge in [-0.1, -0.05) is 57.6 Å². The van der Waals surface area contributed by atoms with Crippen molar-refractivity contribution in [2.45, 2.75) is 72.4 Å². The number of piperidine rings is 1. The van der Waals surface area contributed by atoms with Crippen molar-refractivity contribution in [3.8, 4) is 0 Å². The van der Waals surface area contributed by atoms with E-state index in [1.807, 2.05) is 39.5 Å². The number of imidazole rings is 1. The first-order chi connectivity index (χ1) is 19.9. The number of aromatic nitrogens is 4. The fraction of sp³-hybridized carbons (Fsp3) is 0.760. The van der Waals surface area contributed by atoms with Crippen molar-refractivity contribution in [3.05, 3.63) is 21.7 Å². The average molecular weight is 653 g/mol. The summed E-state index contributed by atoms with van der Waals surface area (Å²) in [6.45, 7) is 10.1. The highest BCUT2D eigenvalue weighted by atomic mass is 35.5. The molecule has 3 rings (SSSR count). The van der Waals surface area contributed by atoms with Crippen molar-refractivity contribution in [2.75, 3.05) is 44.9 Å². The smallest absolute Gasteiger partial charge is 0.393 e. The monoisotopic (exact) mass is 652 g/mol. The Morgan fingerprint density at radius 3 is 2.43 bits per heavy atom. The van der Waals surface area contributed by atoms with Gasteiger partial charge in [-0.05, 0) is 24.7 Å². The van der Waals surface area contributed by atoms with Gasteiger partial charge in [-0.25, -0.2) is 9.55 Å². The number of halogens is 1. The molecule has 0 aromatic carbocycles. The van der Waals surface area contributed by atoms with Crippen molar-refractivity contribution in [2.24, 2.45) is 11.8 Å². The van der Waals surface area contributed by atoms with Crippen LogP contribution in [-0.4, -0.2) is 88.0 Å². The Kier molecular flexibility index (Phi) is 13.2. The molecular weight excluding hydrogens is 611 g/mol. The van der Waals surface area contributed by atoms with Gasteiger partial charge in [0.1, 0.15) is 17.8 Å². The summed E-state index contributed by atoms with van der Waals surface area (Å²) in [5.41, 5.74) is 0.538. The van der Waals surface area contributed by atoms with Crippen molar-refractivity contribution in [1.29, 1.82) is 0 Å². The van der Waals surface area contributed by atoms with Gasteiger partial charge in [0, 0.05) is 20.2 Å². The van der Waals surface area contributed by atoms with Crippen LogP contribution in [0.4, 0.5) is 5.13 Å². The zero-order chi connectivity index (χ0) is 31.0. The van der Waals surface area contributed by atoms with Gasteiger partial charge in [0.15, 0.2) is 5.15 Å². The number of aliphatic hydroxyl groups excluding tert-OH is 2. The van der Waals surface area contributed by atoms with Gasteiger partial charge in [-0.3, -0.25) is 22.9 Å². The summed E-state index contributed by atoms with van der Waals surface area (Å²) in [5, 5.41) is 31.1. The molecular formula is C25H42ClN6O8PS. The molecule has 1 saturated heterocycles. The molecule has 0 saturated carbocycles. The lowest BCUT2D eigenvalue weighted by Crippen LogP contribution is -2.55. The minimum atomic E-state index is -3.94. The molecule has 1 amide bonds. The molecule has 0 bridgehead atoms. The Hall–Kier alpha value is -1.68. The van der Waals surface area contributed by atoms with Crippen LogP contribution in [0.2, 0.25) is 5.15 Å². The standard InChI is InChI=1S/C25H42ClN6O8PS/c1-7-18-21(26)28-22(32(18)14-40-41(36,38-12-15(2)3)39-13-16(4)5)23(35)27-17-8-9-31(10-20(17)37-6)25-30-29-24(42-25)19(34)11-33/h15-17,19-20,33-34H,7-14H2,1-6H3,(H,27,35)/t17-,19+,20+/m1/s1. The van der Waals surface area contributed by atoms with Crippen LogP contribution in [0.1, 0.15) is 68.5 Å². The van der Waals surface area contributed by atoms with Gasteiger partial charge in [0.2, 0.25) is 11.0 Å². The number of phosphoric acid groups is 1. The molecule has 0 aliphatic carbocycles. The van der Waals surface area contributed by atoms with Gasteiger partial charge in [-0.15, -0.1) is 10.2 Å². The number of nitrogens with zero attached hydrogens (tertiary/aromatic N) is 5. The molecule has 3 heterocycles. The summed E-state index contributed by atoms with van der Waals surface area (Å²) in [5.74, 6) is -0.298. The second-order valence-electron chi connectivity index (χ2n) is 10.7. The van der Waals surface area contributed by atoms with Crippen LogP contribution in [-0.2, 0) is 36.0 Å². The number of ether oxygens (including phenoxy) is 1. The Morgan fingerprint density at radius 2 is 1.86 bits per heavy atom. The van der Waals surface area contributed by atoms with E-state index in [-0.39, 0.29) is 48.8 Å². The van der Waals surface area contributed by atoms with E-state index in [0.29, 0.717) is 41.8 Å². The summed E-state index contributed by atoms with van der Waals surface area (Å²) >= 11 is 7.58. The summed E-state index contributed by atoms with van der Waals surface area (Å²) in [6, 6.07) is -0.362. The van der Waals surface area contributed by atoms with Gasteiger partial charge in [-0.2, -0.15) is 0 Å². The molecule has 2 aromatic heterocycles. The maximum Gasteiger partial charge on any atom is 0.476 e. The number of phosphoric ester groups is 1. The molecule has 2 aromatic rings. The summed E-state index contributed by atoms with van der Waals surface area (Å²) in [7, 11) is -2.39. The third-order valence-corrected chi connectivity index (χ3v) is 9.13. The first-order valence-corrected chi connectivity index (χ1v) is 16.6. The van der Waals surface area contributed by atoms with Gasteiger partial charge < -0.3 is 25.2 Å². The molecule has 17 heteroatoms. The third-order valence-electron chi connectivity index (χ3n) is 6.38. The van der Waals surface area contributed by atoms with Crippen LogP contribution in [0.15, 0.2) is 0 Å². The quantitative estimate of drug-likeness (QED) is 0.226. The van der Waals surface area contributed by atoms with E-state index in [9.17, 15) is 19.6 Å². The average Bonchev–Trinajstić information content (AvgIpc) is 3.58. The van der Waals surface area contributed by atoms with Crippen LogP contribution in [0.25, 0.3) is 0 Å². The summed E-state index contributed by atoms with van der Waals surface area (Å²) < 4.78 is 37.4. The van der Waals surface area contributed by atoms with Gasteiger partial charge in [0.05, 0.1) is 37.7 Å². The maximum atomic E-state index is 13.5. The van der Waals surface area contributed by atoms with E-state index in [1.165, 1.54) is 15.9 Å². The number of carbonyl (C=O) groups is 1. The number of hydrogen-bond acceptors (Lipinski definition) is 13. The van der Waals surface area contributed by atoms with Crippen LogP contribution >= 0.6 is 30.8 Å². The summed E-state index contributed by atoms with van der Waals surface area (Å²) in [6.07, 6.45) is -0.515. The minimum Gasteiger partial charge on any atom is -0.393 e. The molecule has 1 fully saturated rings. The molecule has 3 N–H and O–H groups in total. The second kappa shape index (κ2) is 15.9. The molecule has 1 aliphatic rings. The Morgan fingerprint density at radius 1 is 1.19 bits per heavy atom. The van der Waals surface area contributed by atoms with Crippen LogP contribution < -0.4 is 10.2 Å². The number of hydrogen-bond donors (Lipinski definition) is 3. The fourth-order valence-corrected chi connectivity index (χ4v) is 6.73.